The van der Waals surface area contributed by atoms with Crippen LogP contribution < -0.4 is 10.1 Å². The van der Waals surface area contributed by atoms with Crippen molar-refractivity contribution >= 4 is 17.4 Å². The Morgan fingerprint density at radius 1 is 1.07 bits per heavy atom. The van der Waals surface area contributed by atoms with Crippen molar-refractivity contribution in [1.29, 1.82) is 0 Å². The summed E-state index contributed by atoms with van der Waals surface area (Å²) in [6.07, 6.45) is 2.56. The van der Waals surface area contributed by atoms with E-state index in [1.54, 1.807) is 25.4 Å². The van der Waals surface area contributed by atoms with Crippen molar-refractivity contribution < 1.29 is 9.53 Å². The summed E-state index contributed by atoms with van der Waals surface area (Å²) >= 11 is 0. The number of ether oxygens (including phenoxy) is 1. The van der Waals surface area contributed by atoms with E-state index in [0.29, 0.717) is 17.9 Å². The van der Waals surface area contributed by atoms with E-state index in [2.05, 4.69) is 28.5 Å². The van der Waals surface area contributed by atoms with E-state index in [1.807, 2.05) is 35.2 Å². The number of methoxy groups -OCH3 is 1. The summed E-state index contributed by atoms with van der Waals surface area (Å²) in [6.45, 7) is 1.39. The number of aromatic nitrogens is 1. The fourth-order valence-electron chi connectivity index (χ4n) is 3.31. The molecule has 0 atom stereocenters. The summed E-state index contributed by atoms with van der Waals surface area (Å²) < 4.78 is 5.17. The van der Waals surface area contributed by atoms with Gasteiger partial charge in [-0.3, -0.25) is 4.79 Å². The molecule has 0 saturated heterocycles. The van der Waals surface area contributed by atoms with E-state index in [-0.39, 0.29) is 5.91 Å². The molecule has 0 aliphatic carbocycles. The van der Waals surface area contributed by atoms with Gasteiger partial charge in [0.15, 0.2) is 0 Å². The predicted molar refractivity (Wildman–Crippen MR) is 105 cm³/mol. The van der Waals surface area contributed by atoms with Crippen molar-refractivity contribution in [3.8, 4) is 5.75 Å². The average Bonchev–Trinajstić information content (AvgIpc) is 2.73. The molecular formula is C22H21N3O2. The highest BCUT2D eigenvalue weighted by Crippen LogP contribution is 2.22. The van der Waals surface area contributed by atoms with Crippen LogP contribution >= 0.6 is 0 Å². The standard InChI is InChI=1S/C22H21N3O2/c1-27-20-8-6-19(7-9-20)24-21-14-17(10-12-23-21)22(26)25-13-11-16-4-2-3-5-18(16)15-25/h2-10,12,14H,11,13,15H2,1H3,(H,23,24). The first kappa shape index (κ1) is 17.1. The van der Waals surface area contributed by atoms with Gasteiger partial charge in [0.25, 0.3) is 5.91 Å². The summed E-state index contributed by atoms with van der Waals surface area (Å²) in [5.74, 6) is 1.47. The highest BCUT2D eigenvalue weighted by molar-refractivity contribution is 5.95. The maximum absolute atomic E-state index is 13.0. The van der Waals surface area contributed by atoms with Crippen LogP contribution in [0.4, 0.5) is 11.5 Å². The van der Waals surface area contributed by atoms with E-state index in [4.69, 9.17) is 4.74 Å². The second-order valence-corrected chi connectivity index (χ2v) is 6.53. The molecule has 2 heterocycles. The number of nitrogens with one attached hydrogen (secondary N) is 1. The van der Waals surface area contributed by atoms with Gasteiger partial charge in [0.05, 0.1) is 7.11 Å². The van der Waals surface area contributed by atoms with Crippen LogP contribution in [-0.2, 0) is 13.0 Å². The lowest BCUT2D eigenvalue weighted by atomic mass is 9.99. The van der Waals surface area contributed by atoms with Gasteiger partial charge in [-0.25, -0.2) is 4.98 Å². The van der Waals surface area contributed by atoms with Crippen molar-refractivity contribution in [2.75, 3.05) is 19.0 Å². The first-order chi connectivity index (χ1) is 13.2. The summed E-state index contributed by atoms with van der Waals surface area (Å²) in [7, 11) is 1.64. The Labute approximate surface area is 158 Å². The average molecular weight is 359 g/mol. The normalized spacial score (nSPS) is 13.0. The molecule has 1 aliphatic rings. The maximum Gasteiger partial charge on any atom is 0.254 e. The molecule has 2 aromatic carbocycles. The van der Waals surface area contributed by atoms with Crippen molar-refractivity contribution in [2.24, 2.45) is 0 Å². The highest BCUT2D eigenvalue weighted by Gasteiger charge is 2.21. The topological polar surface area (TPSA) is 54.5 Å². The third-order valence-corrected chi connectivity index (χ3v) is 4.79. The van der Waals surface area contributed by atoms with Gasteiger partial charge in [0, 0.05) is 30.5 Å². The number of hydrogen-bond acceptors (Lipinski definition) is 4. The van der Waals surface area contributed by atoms with Crippen LogP contribution in [0.1, 0.15) is 21.5 Å². The van der Waals surface area contributed by atoms with Crippen molar-refractivity contribution in [1.82, 2.24) is 9.88 Å². The first-order valence-corrected chi connectivity index (χ1v) is 8.96. The maximum atomic E-state index is 13.0. The lowest BCUT2D eigenvalue weighted by molar-refractivity contribution is 0.0734. The Bertz CT molecular complexity index is 954. The van der Waals surface area contributed by atoms with Gasteiger partial charge in [-0.05, 0) is 53.9 Å². The van der Waals surface area contributed by atoms with E-state index in [1.165, 1.54) is 11.1 Å². The molecule has 27 heavy (non-hydrogen) atoms. The molecule has 4 rings (SSSR count). The number of rotatable bonds is 4. The fraction of sp³-hybridized carbons (Fsp3) is 0.182. The number of benzene rings is 2. The molecule has 5 heteroatoms. The van der Waals surface area contributed by atoms with E-state index in [9.17, 15) is 4.79 Å². The molecule has 136 valence electrons. The van der Waals surface area contributed by atoms with Crippen molar-refractivity contribution in [2.45, 2.75) is 13.0 Å². The lowest BCUT2D eigenvalue weighted by Gasteiger charge is -2.29. The van der Waals surface area contributed by atoms with E-state index < -0.39 is 0 Å². The van der Waals surface area contributed by atoms with Gasteiger partial charge < -0.3 is 15.0 Å². The summed E-state index contributed by atoms with van der Waals surface area (Å²) in [4.78, 5) is 19.2. The summed E-state index contributed by atoms with van der Waals surface area (Å²) in [5.41, 5.74) is 4.08. The zero-order chi connectivity index (χ0) is 18.6. The minimum atomic E-state index is 0.0321. The van der Waals surface area contributed by atoms with Gasteiger partial charge in [0.2, 0.25) is 0 Å². The number of carbonyl (C=O) groups excluding carboxylic acids is 1. The number of amides is 1. The number of fused-ring (bicyclic) bond motifs is 1. The molecule has 0 radical (unpaired) electrons. The molecule has 1 aromatic heterocycles. The monoisotopic (exact) mass is 359 g/mol. The fourth-order valence-corrected chi connectivity index (χ4v) is 3.31. The molecule has 0 bridgehead atoms. The minimum absolute atomic E-state index is 0.0321. The number of hydrogen-bond donors (Lipinski definition) is 1. The second-order valence-electron chi connectivity index (χ2n) is 6.53. The van der Waals surface area contributed by atoms with Gasteiger partial charge >= 0.3 is 0 Å². The molecule has 0 saturated carbocycles. The van der Waals surface area contributed by atoms with Crippen LogP contribution in [0.2, 0.25) is 0 Å². The molecule has 0 unspecified atom stereocenters. The Morgan fingerprint density at radius 3 is 2.63 bits per heavy atom. The van der Waals surface area contributed by atoms with Gasteiger partial charge in [-0.2, -0.15) is 0 Å². The van der Waals surface area contributed by atoms with Gasteiger partial charge in [0.1, 0.15) is 11.6 Å². The Kier molecular flexibility index (Phi) is 4.75. The number of carbonyl (C=O) groups is 1. The van der Waals surface area contributed by atoms with Gasteiger partial charge in [-0.15, -0.1) is 0 Å². The first-order valence-electron chi connectivity index (χ1n) is 8.96. The third kappa shape index (κ3) is 3.77. The predicted octanol–water partition coefficient (Wildman–Crippen LogP) is 4.03. The van der Waals surface area contributed by atoms with Crippen LogP contribution in [-0.4, -0.2) is 29.4 Å². The molecule has 5 nitrogen and oxygen atoms in total. The van der Waals surface area contributed by atoms with Crippen molar-refractivity contribution in [3.05, 3.63) is 83.6 Å². The van der Waals surface area contributed by atoms with E-state index >= 15 is 0 Å². The summed E-state index contributed by atoms with van der Waals surface area (Å²) in [5, 5.41) is 3.23. The largest absolute Gasteiger partial charge is 0.497 e. The smallest absolute Gasteiger partial charge is 0.254 e. The summed E-state index contributed by atoms with van der Waals surface area (Å²) in [6, 6.07) is 19.5. The zero-order valence-corrected chi connectivity index (χ0v) is 15.2. The van der Waals surface area contributed by atoms with E-state index in [0.717, 1.165) is 24.4 Å². The Balaban J connectivity index is 1.49. The highest BCUT2D eigenvalue weighted by atomic mass is 16.5. The molecular weight excluding hydrogens is 338 g/mol. The van der Waals surface area contributed by atoms with Crippen LogP contribution in [0, 0.1) is 0 Å². The lowest BCUT2D eigenvalue weighted by Crippen LogP contribution is -2.35. The second kappa shape index (κ2) is 7.50. The molecule has 1 aliphatic heterocycles. The van der Waals surface area contributed by atoms with Gasteiger partial charge in [-0.1, -0.05) is 24.3 Å². The minimum Gasteiger partial charge on any atom is -0.497 e. The Hall–Kier alpha value is -3.34. The SMILES string of the molecule is COc1ccc(Nc2cc(C(=O)N3CCc4ccccc4C3)ccn2)cc1. The quantitative estimate of drug-likeness (QED) is 0.764. The molecule has 3 aromatic rings. The number of anilines is 2. The van der Waals surface area contributed by atoms with Crippen LogP contribution in [0.3, 0.4) is 0 Å². The molecule has 1 N–H and O–H groups in total. The number of nitrogens with zero attached hydrogens (tertiary/aromatic N) is 2. The molecule has 1 amide bonds. The van der Waals surface area contributed by atoms with Crippen LogP contribution in [0.25, 0.3) is 0 Å². The van der Waals surface area contributed by atoms with Crippen LogP contribution in [0.15, 0.2) is 66.9 Å². The third-order valence-electron chi connectivity index (χ3n) is 4.79. The van der Waals surface area contributed by atoms with Crippen molar-refractivity contribution in [3.63, 3.8) is 0 Å². The molecule has 0 fully saturated rings. The number of pyridine rings is 1. The van der Waals surface area contributed by atoms with Crippen LogP contribution in [0.5, 0.6) is 5.75 Å². The Morgan fingerprint density at radius 2 is 1.85 bits per heavy atom. The zero-order valence-electron chi connectivity index (χ0n) is 15.2. The molecule has 0 spiro atoms.